The molecule has 4 nitrogen and oxygen atoms in total. The minimum Gasteiger partial charge on any atom is -0.298 e. The molecule has 0 aliphatic carbocycles. The molecule has 1 rings (SSSR count). The number of aromatic nitrogens is 3. The van der Waals surface area contributed by atoms with Crippen LogP contribution in [0.1, 0.15) is 46.2 Å². The molecule has 4 heteroatoms. The van der Waals surface area contributed by atoms with Gasteiger partial charge in [-0.2, -0.15) is 0 Å². The Kier molecular flexibility index (Phi) is 4.71. The molecule has 0 spiro atoms. The van der Waals surface area contributed by atoms with Crippen molar-refractivity contribution >= 4 is 0 Å². The third-order valence-electron chi connectivity index (χ3n) is 2.54. The third-order valence-corrected chi connectivity index (χ3v) is 2.54. The number of rotatable bonds is 5. The number of nitrogens with zero attached hydrogens (tertiary/aromatic N) is 3. The fraction of sp³-hybridized carbons (Fsp3) is 0.692. The highest BCUT2D eigenvalue weighted by Gasteiger charge is 2.15. The Hall–Kier alpha value is -1.34. The summed E-state index contributed by atoms with van der Waals surface area (Å²) in [6, 6.07) is 0.125. The molecule has 0 aliphatic rings. The molecule has 1 heterocycles. The third kappa shape index (κ3) is 4.20. The lowest BCUT2D eigenvalue weighted by Crippen LogP contribution is -2.27. The molecule has 0 bridgehead atoms. The van der Waals surface area contributed by atoms with Gasteiger partial charge in [-0.15, -0.1) is 11.5 Å². The lowest BCUT2D eigenvalue weighted by molar-refractivity contribution is 0.347. The van der Waals surface area contributed by atoms with Crippen LogP contribution < -0.4 is 5.32 Å². The molecule has 0 saturated heterocycles. The first kappa shape index (κ1) is 13.7. The van der Waals surface area contributed by atoms with E-state index in [-0.39, 0.29) is 11.6 Å². The van der Waals surface area contributed by atoms with Gasteiger partial charge >= 0.3 is 0 Å². The molecule has 0 saturated carbocycles. The maximum Gasteiger partial charge on any atom is 0.0965 e. The van der Waals surface area contributed by atoms with Crippen molar-refractivity contribution in [3.63, 3.8) is 0 Å². The van der Waals surface area contributed by atoms with E-state index in [0.29, 0.717) is 6.54 Å². The zero-order chi connectivity index (χ0) is 12.9. The van der Waals surface area contributed by atoms with E-state index in [1.54, 1.807) is 0 Å². The smallest absolute Gasteiger partial charge is 0.0965 e. The Morgan fingerprint density at radius 2 is 2.24 bits per heavy atom. The van der Waals surface area contributed by atoms with Crippen molar-refractivity contribution in [3.05, 3.63) is 11.9 Å². The summed E-state index contributed by atoms with van der Waals surface area (Å²) in [7, 11) is 0. The Morgan fingerprint density at radius 1 is 1.53 bits per heavy atom. The quantitative estimate of drug-likeness (QED) is 0.792. The summed E-state index contributed by atoms with van der Waals surface area (Å²) in [5.41, 5.74) is 0.900. The molecule has 1 aromatic rings. The highest BCUT2D eigenvalue weighted by Crippen LogP contribution is 2.11. The molecular weight excluding hydrogens is 212 g/mol. The van der Waals surface area contributed by atoms with E-state index < -0.39 is 0 Å². The zero-order valence-corrected chi connectivity index (χ0v) is 11.2. The second-order valence-corrected chi connectivity index (χ2v) is 5.21. The van der Waals surface area contributed by atoms with Gasteiger partial charge in [-0.25, -0.2) is 4.68 Å². The Bertz CT molecular complexity index is 381. The van der Waals surface area contributed by atoms with E-state index in [2.05, 4.69) is 49.2 Å². The van der Waals surface area contributed by atoms with Gasteiger partial charge in [0.15, 0.2) is 0 Å². The van der Waals surface area contributed by atoms with Crippen LogP contribution in [0.2, 0.25) is 0 Å². The first-order chi connectivity index (χ1) is 7.97. The standard InChI is InChI=1S/C13H22N4/c1-6-8-11(7-2)14-9-12-10-17(16-15-12)13(3,4)5/h2,10-11,14H,6,8-9H2,1,3-5H3. The van der Waals surface area contributed by atoms with E-state index in [1.807, 2.05) is 10.9 Å². The fourth-order valence-electron chi connectivity index (χ4n) is 1.47. The number of hydrogen-bond donors (Lipinski definition) is 1. The number of nitrogens with one attached hydrogen (secondary N) is 1. The van der Waals surface area contributed by atoms with E-state index >= 15 is 0 Å². The lowest BCUT2D eigenvalue weighted by atomic mass is 10.1. The minimum absolute atomic E-state index is 0.0276. The molecule has 0 fully saturated rings. The molecule has 1 unspecified atom stereocenters. The minimum atomic E-state index is -0.0276. The molecule has 1 N–H and O–H groups in total. The maximum atomic E-state index is 5.44. The Morgan fingerprint density at radius 3 is 2.71 bits per heavy atom. The van der Waals surface area contributed by atoms with Crippen LogP contribution in [0, 0.1) is 12.3 Å². The van der Waals surface area contributed by atoms with Crippen LogP contribution in [0.25, 0.3) is 0 Å². The number of hydrogen-bond acceptors (Lipinski definition) is 3. The molecule has 0 amide bonds. The maximum absolute atomic E-state index is 5.44. The summed E-state index contributed by atoms with van der Waals surface area (Å²) in [6.07, 6.45) is 9.48. The van der Waals surface area contributed by atoms with E-state index in [1.165, 1.54) is 0 Å². The van der Waals surface area contributed by atoms with Crippen molar-refractivity contribution in [2.45, 2.75) is 58.7 Å². The normalized spacial score (nSPS) is 13.4. The van der Waals surface area contributed by atoms with E-state index in [0.717, 1.165) is 18.5 Å². The monoisotopic (exact) mass is 234 g/mol. The van der Waals surface area contributed by atoms with Gasteiger partial charge in [-0.3, -0.25) is 5.32 Å². The largest absolute Gasteiger partial charge is 0.298 e. The van der Waals surface area contributed by atoms with Crippen LogP contribution in [0.3, 0.4) is 0 Å². The van der Waals surface area contributed by atoms with Gasteiger partial charge in [0.05, 0.1) is 23.5 Å². The first-order valence-corrected chi connectivity index (χ1v) is 6.08. The van der Waals surface area contributed by atoms with Crippen molar-refractivity contribution in [1.82, 2.24) is 20.3 Å². The van der Waals surface area contributed by atoms with Gasteiger partial charge in [0.1, 0.15) is 0 Å². The molecule has 1 aromatic heterocycles. The highest BCUT2D eigenvalue weighted by atomic mass is 15.4. The van der Waals surface area contributed by atoms with Crippen molar-refractivity contribution in [2.24, 2.45) is 0 Å². The predicted octanol–water partition coefficient (Wildman–Crippen LogP) is 1.92. The summed E-state index contributed by atoms with van der Waals surface area (Å²) in [4.78, 5) is 0. The SMILES string of the molecule is C#CC(CCC)NCc1cn(C(C)(C)C)nn1. The summed E-state index contributed by atoms with van der Waals surface area (Å²) in [6.45, 7) is 9.09. The summed E-state index contributed by atoms with van der Waals surface area (Å²) in [5, 5.41) is 11.5. The highest BCUT2D eigenvalue weighted by molar-refractivity contribution is 5.01. The Labute approximate surface area is 104 Å². The predicted molar refractivity (Wildman–Crippen MR) is 69.4 cm³/mol. The van der Waals surface area contributed by atoms with Crippen LogP contribution in [0.15, 0.2) is 6.20 Å². The molecule has 1 atom stereocenters. The van der Waals surface area contributed by atoms with Crippen LogP contribution >= 0.6 is 0 Å². The average Bonchev–Trinajstić information content (AvgIpc) is 2.72. The molecule has 17 heavy (non-hydrogen) atoms. The van der Waals surface area contributed by atoms with Crippen molar-refractivity contribution in [3.8, 4) is 12.3 Å². The van der Waals surface area contributed by atoms with E-state index in [9.17, 15) is 0 Å². The molecule has 0 aliphatic heterocycles. The Balaban J connectivity index is 2.53. The summed E-state index contributed by atoms with van der Waals surface area (Å²) >= 11 is 0. The number of terminal acetylenes is 1. The van der Waals surface area contributed by atoms with Crippen LogP contribution in [0.4, 0.5) is 0 Å². The second kappa shape index (κ2) is 5.83. The lowest BCUT2D eigenvalue weighted by Gasteiger charge is -2.17. The van der Waals surface area contributed by atoms with Gasteiger partial charge in [0, 0.05) is 6.54 Å². The summed E-state index contributed by atoms with van der Waals surface area (Å²) < 4.78 is 1.87. The van der Waals surface area contributed by atoms with Crippen LogP contribution in [-0.4, -0.2) is 21.0 Å². The molecular formula is C13H22N4. The van der Waals surface area contributed by atoms with Crippen LogP contribution in [-0.2, 0) is 12.1 Å². The summed E-state index contributed by atoms with van der Waals surface area (Å²) in [5.74, 6) is 2.74. The van der Waals surface area contributed by atoms with Gasteiger partial charge < -0.3 is 0 Å². The first-order valence-electron chi connectivity index (χ1n) is 6.08. The van der Waals surface area contributed by atoms with Crippen molar-refractivity contribution in [2.75, 3.05) is 0 Å². The zero-order valence-electron chi connectivity index (χ0n) is 11.2. The van der Waals surface area contributed by atoms with Gasteiger partial charge in [-0.05, 0) is 27.2 Å². The molecule has 0 aromatic carbocycles. The van der Waals surface area contributed by atoms with Gasteiger partial charge in [0.25, 0.3) is 0 Å². The van der Waals surface area contributed by atoms with Crippen molar-refractivity contribution in [1.29, 1.82) is 0 Å². The van der Waals surface area contributed by atoms with Gasteiger partial charge in [0.2, 0.25) is 0 Å². The van der Waals surface area contributed by atoms with E-state index in [4.69, 9.17) is 6.42 Å². The molecule has 94 valence electrons. The average molecular weight is 234 g/mol. The van der Waals surface area contributed by atoms with Crippen molar-refractivity contribution < 1.29 is 0 Å². The topological polar surface area (TPSA) is 42.7 Å². The fourth-order valence-corrected chi connectivity index (χ4v) is 1.47. The van der Waals surface area contributed by atoms with Crippen LogP contribution in [0.5, 0.6) is 0 Å². The second-order valence-electron chi connectivity index (χ2n) is 5.21. The molecule has 0 radical (unpaired) electrons. The van der Waals surface area contributed by atoms with Gasteiger partial charge in [-0.1, -0.05) is 24.5 Å².